The van der Waals surface area contributed by atoms with Crippen molar-refractivity contribution in [1.29, 1.82) is 0 Å². The third-order valence-corrected chi connectivity index (χ3v) is 2.38. The summed E-state index contributed by atoms with van der Waals surface area (Å²) in [4.78, 5) is 14.0. The molecule has 5 heteroatoms. The molecule has 72 valence electrons. The molecule has 0 bridgehead atoms. The summed E-state index contributed by atoms with van der Waals surface area (Å²) < 4.78 is 5.41. The molecule has 1 aliphatic rings. The first kappa shape index (κ1) is 10.0. The van der Waals surface area contributed by atoms with E-state index in [0.717, 1.165) is 12.8 Å². The highest BCUT2D eigenvalue weighted by Crippen LogP contribution is 2.26. The monoisotopic (exact) mass is 183 g/mol. The van der Waals surface area contributed by atoms with Crippen LogP contribution in [0, 0.1) is 0 Å². The molecule has 1 fully saturated rings. The second kappa shape index (κ2) is 4.25. The normalized spacial score (nSPS) is 27.8. The number of rotatable bonds is 3. The first-order valence-corrected chi connectivity index (χ1v) is 4.37. The molecule has 1 rings (SSSR count). The number of hydrogen-bond acceptors (Lipinski definition) is 3. The smallest absolute Gasteiger partial charge is 0.161 e. The summed E-state index contributed by atoms with van der Waals surface area (Å²) in [6.45, 7) is 2.19. The topological polar surface area (TPSA) is 75.1 Å². The molecule has 13 heavy (non-hydrogen) atoms. The van der Waals surface area contributed by atoms with Crippen LogP contribution < -0.4 is 0 Å². The lowest BCUT2D eigenvalue weighted by Gasteiger charge is -2.33. The lowest BCUT2D eigenvalue weighted by atomic mass is 9.90. The van der Waals surface area contributed by atoms with Gasteiger partial charge in [-0.25, -0.2) is 0 Å². The third-order valence-electron chi connectivity index (χ3n) is 2.38. The molecule has 0 amide bonds. The highest BCUT2D eigenvalue weighted by atomic mass is 16.5. The molecular formula is C8H13N3O2. The van der Waals surface area contributed by atoms with Crippen molar-refractivity contribution in [2.45, 2.75) is 31.8 Å². The van der Waals surface area contributed by atoms with Crippen molar-refractivity contribution in [3.8, 4) is 0 Å². The van der Waals surface area contributed by atoms with Gasteiger partial charge in [-0.05, 0) is 31.7 Å². The first-order valence-electron chi connectivity index (χ1n) is 4.37. The van der Waals surface area contributed by atoms with Gasteiger partial charge < -0.3 is 4.74 Å². The average Bonchev–Trinajstić information content (AvgIpc) is 2.16. The molecule has 0 aromatic heterocycles. The van der Waals surface area contributed by atoms with E-state index >= 15 is 0 Å². The van der Waals surface area contributed by atoms with Crippen molar-refractivity contribution >= 4 is 5.78 Å². The van der Waals surface area contributed by atoms with Crippen LogP contribution >= 0.6 is 0 Å². The zero-order chi connectivity index (χ0) is 9.73. The van der Waals surface area contributed by atoms with Gasteiger partial charge in [0.2, 0.25) is 0 Å². The van der Waals surface area contributed by atoms with E-state index in [4.69, 9.17) is 10.3 Å². The molecule has 1 aliphatic heterocycles. The number of ketones is 1. The van der Waals surface area contributed by atoms with Crippen molar-refractivity contribution in [2.24, 2.45) is 5.11 Å². The Kier molecular flexibility index (Phi) is 3.28. The lowest BCUT2D eigenvalue weighted by Crippen LogP contribution is -2.45. The van der Waals surface area contributed by atoms with Gasteiger partial charge in [0, 0.05) is 11.5 Å². The van der Waals surface area contributed by atoms with Crippen molar-refractivity contribution in [2.75, 3.05) is 13.2 Å². The molecule has 0 aromatic carbocycles. The van der Waals surface area contributed by atoms with Crippen LogP contribution in [-0.4, -0.2) is 24.5 Å². The third kappa shape index (κ3) is 2.20. The van der Waals surface area contributed by atoms with Gasteiger partial charge in [-0.3, -0.25) is 4.79 Å². The van der Waals surface area contributed by atoms with Gasteiger partial charge in [0.15, 0.2) is 5.78 Å². The molecule has 0 saturated carbocycles. The van der Waals surface area contributed by atoms with Gasteiger partial charge in [-0.15, -0.1) is 0 Å². The van der Waals surface area contributed by atoms with E-state index in [1.165, 1.54) is 6.92 Å². The quantitative estimate of drug-likeness (QED) is 0.380. The fourth-order valence-electron chi connectivity index (χ4n) is 1.51. The molecule has 1 unspecified atom stereocenters. The fraction of sp³-hybridized carbons (Fsp3) is 0.875. The van der Waals surface area contributed by atoms with Crippen molar-refractivity contribution in [3.05, 3.63) is 10.4 Å². The van der Waals surface area contributed by atoms with E-state index in [-0.39, 0.29) is 12.3 Å². The Labute approximate surface area is 76.7 Å². The van der Waals surface area contributed by atoms with Gasteiger partial charge in [0.25, 0.3) is 0 Å². The second-order valence-corrected chi connectivity index (χ2v) is 3.25. The van der Waals surface area contributed by atoms with Crippen LogP contribution in [0.5, 0.6) is 0 Å². The van der Waals surface area contributed by atoms with Crippen LogP contribution in [0.1, 0.15) is 26.2 Å². The van der Waals surface area contributed by atoms with E-state index < -0.39 is 5.60 Å². The van der Waals surface area contributed by atoms with Gasteiger partial charge in [-0.2, -0.15) is 0 Å². The predicted molar refractivity (Wildman–Crippen MR) is 47.2 cm³/mol. The Morgan fingerprint density at radius 1 is 1.69 bits per heavy atom. The molecule has 0 aliphatic carbocycles. The largest absolute Gasteiger partial charge is 0.367 e. The van der Waals surface area contributed by atoms with E-state index in [1.54, 1.807) is 0 Å². The molecule has 5 nitrogen and oxygen atoms in total. The van der Waals surface area contributed by atoms with Crippen LogP contribution in [0.25, 0.3) is 10.4 Å². The maximum Gasteiger partial charge on any atom is 0.161 e. The number of carbonyl (C=O) groups is 1. The molecule has 0 radical (unpaired) electrons. The molecule has 1 saturated heterocycles. The van der Waals surface area contributed by atoms with E-state index in [1.807, 2.05) is 0 Å². The molecule has 1 heterocycles. The SMILES string of the molecule is CC(=O)C1(CN=[N+]=[N-])CCCCO1. The molecule has 0 N–H and O–H groups in total. The van der Waals surface area contributed by atoms with Crippen LogP contribution in [0.3, 0.4) is 0 Å². The summed E-state index contributed by atoms with van der Waals surface area (Å²) in [5.74, 6) is -0.0420. The number of Topliss-reactive ketones (excluding diaryl/α,β-unsaturated/α-hetero) is 1. The first-order chi connectivity index (χ1) is 6.21. The Morgan fingerprint density at radius 3 is 2.92 bits per heavy atom. The van der Waals surface area contributed by atoms with Gasteiger partial charge in [-0.1, -0.05) is 5.11 Å². The summed E-state index contributed by atoms with van der Waals surface area (Å²) >= 11 is 0. The van der Waals surface area contributed by atoms with Crippen LogP contribution in [0.4, 0.5) is 0 Å². The minimum Gasteiger partial charge on any atom is -0.367 e. The second-order valence-electron chi connectivity index (χ2n) is 3.25. The minimum atomic E-state index is -0.829. The number of hydrogen-bond donors (Lipinski definition) is 0. The predicted octanol–water partition coefficient (Wildman–Crippen LogP) is 1.82. The number of nitrogens with zero attached hydrogens (tertiary/aromatic N) is 3. The summed E-state index contributed by atoms with van der Waals surface area (Å²) in [6.07, 6.45) is 2.60. The Bertz CT molecular complexity index is 240. The zero-order valence-electron chi connectivity index (χ0n) is 7.69. The number of ether oxygens (including phenoxy) is 1. The lowest BCUT2D eigenvalue weighted by molar-refractivity contribution is -0.147. The van der Waals surface area contributed by atoms with E-state index in [9.17, 15) is 4.79 Å². The van der Waals surface area contributed by atoms with Crippen LogP contribution in [0.15, 0.2) is 5.11 Å². The average molecular weight is 183 g/mol. The zero-order valence-corrected chi connectivity index (χ0v) is 7.69. The standard InChI is InChI=1S/C8H13N3O2/c1-7(12)8(6-10-11-9)4-2-3-5-13-8/h2-6H2,1H3. The maximum absolute atomic E-state index is 11.3. The highest BCUT2D eigenvalue weighted by Gasteiger charge is 2.37. The van der Waals surface area contributed by atoms with Crippen LogP contribution in [-0.2, 0) is 9.53 Å². The molecule has 0 aromatic rings. The van der Waals surface area contributed by atoms with Gasteiger partial charge in [0.05, 0.1) is 6.54 Å². The van der Waals surface area contributed by atoms with Crippen molar-refractivity contribution < 1.29 is 9.53 Å². The highest BCUT2D eigenvalue weighted by molar-refractivity contribution is 5.85. The van der Waals surface area contributed by atoms with Crippen LogP contribution in [0.2, 0.25) is 0 Å². The van der Waals surface area contributed by atoms with Crippen molar-refractivity contribution in [1.82, 2.24) is 0 Å². The fourth-order valence-corrected chi connectivity index (χ4v) is 1.51. The maximum atomic E-state index is 11.3. The Balaban J connectivity index is 2.72. The summed E-state index contributed by atoms with van der Waals surface area (Å²) in [6, 6.07) is 0. The Hall–Kier alpha value is -1.06. The molecule has 0 spiro atoms. The van der Waals surface area contributed by atoms with E-state index in [2.05, 4.69) is 10.0 Å². The number of carbonyl (C=O) groups excluding carboxylic acids is 1. The Morgan fingerprint density at radius 2 is 2.46 bits per heavy atom. The van der Waals surface area contributed by atoms with Crippen molar-refractivity contribution in [3.63, 3.8) is 0 Å². The van der Waals surface area contributed by atoms with E-state index in [0.29, 0.717) is 13.0 Å². The van der Waals surface area contributed by atoms with Gasteiger partial charge in [0.1, 0.15) is 5.60 Å². The summed E-state index contributed by atoms with van der Waals surface area (Å²) in [5.41, 5.74) is 7.36. The number of azide groups is 1. The minimum absolute atomic E-state index is 0.0420. The molecular weight excluding hydrogens is 170 g/mol. The summed E-state index contributed by atoms with van der Waals surface area (Å²) in [7, 11) is 0. The molecule has 1 atom stereocenters. The van der Waals surface area contributed by atoms with Gasteiger partial charge >= 0.3 is 0 Å². The summed E-state index contributed by atoms with van der Waals surface area (Å²) in [5, 5.41) is 3.42.